The van der Waals surface area contributed by atoms with Gasteiger partial charge in [0.05, 0.1) is 4.90 Å². The van der Waals surface area contributed by atoms with Crippen molar-refractivity contribution < 1.29 is 8.42 Å². The van der Waals surface area contributed by atoms with E-state index < -0.39 is 8.87 Å². The lowest BCUT2D eigenvalue weighted by Crippen LogP contribution is -2.03. The second kappa shape index (κ2) is 4.58. The molecule has 0 aromatic heterocycles. The van der Waals surface area contributed by atoms with Crippen molar-refractivity contribution in [2.75, 3.05) is 0 Å². The Morgan fingerprint density at radius 1 is 1.07 bits per heavy atom. The molecule has 1 fully saturated rings. The van der Waals surface area contributed by atoms with E-state index in [9.17, 15) is 8.42 Å². The van der Waals surface area contributed by atoms with Crippen molar-refractivity contribution in [2.45, 2.75) is 35.8 Å². The molecule has 0 atom stereocenters. The maximum absolute atomic E-state index is 12.0. The monoisotopic (exact) mass is 242 g/mol. The molecule has 1 saturated carbocycles. The zero-order chi connectivity index (χ0) is 10.7. The highest BCUT2D eigenvalue weighted by Gasteiger charge is 2.24. The maximum atomic E-state index is 12.0. The molecule has 2 nitrogen and oxygen atoms in total. The van der Waals surface area contributed by atoms with Gasteiger partial charge in [0.15, 0.2) is 0 Å². The van der Waals surface area contributed by atoms with Crippen molar-refractivity contribution in [1.82, 2.24) is 0 Å². The molecular weight excluding hydrogens is 228 g/mol. The highest BCUT2D eigenvalue weighted by molar-refractivity contribution is 8.72. The zero-order valence-electron chi connectivity index (χ0n) is 8.43. The fourth-order valence-corrected chi connectivity index (χ4v) is 5.61. The fourth-order valence-electron chi connectivity index (χ4n) is 1.81. The number of hydrogen-bond acceptors (Lipinski definition) is 3. The molecule has 0 bridgehead atoms. The summed E-state index contributed by atoms with van der Waals surface area (Å²) >= 11 is 0. The largest absolute Gasteiger partial charge is 0.230 e. The first-order valence-electron chi connectivity index (χ1n) is 5.17. The van der Waals surface area contributed by atoms with E-state index in [0.29, 0.717) is 10.1 Å². The summed E-state index contributed by atoms with van der Waals surface area (Å²) in [7, 11) is -1.99. The van der Waals surface area contributed by atoms with Gasteiger partial charge in [-0.2, -0.15) is 0 Å². The van der Waals surface area contributed by atoms with E-state index in [4.69, 9.17) is 0 Å². The average molecular weight is 242 g/mol. The van der Waals surface area contributed by atoms with Gasteiger partial charge in [0, 0.05) is 5.25 Å². The van der Waals surface area contributed by atoms with Gasteiger partial charge in [-0.1, -0.05) is 31.0 Å². The molecule has 82 valence electrons. The van der Waals surface area contributed by atoms with Gasteiger partial charge in [-0.15, -0.1) is 0 Å². The van der Waals surface area contributed by atoms with Crippen molar-refractivity contribution in [1.29, 1.82) is 0 Å². The fraction of sp³-hybridized carbons (Fsp3) is 0.455. The minimum absolute atomic E-state index is 0.301. The molecule has 2 rings (SSSR count). The molecule has 0 N–H and O–H groups in total. The molecule has 0 spiro atoms. The van der Waals surface area contributed by atoms with Crippen LogP contribution < -0.4 is 0 Å². The summed E-state index contributed by atoms with van der Waals surface area (Å²) in [6, 6.07) is 8.69. The second-order valence-corrected chi connectivity index (χ2v) is 7.90. The van der Waals surface area contributed by atoms with Crippen molar-refractivity contribution in [3.05, 3.63) is 30.3 Å². The van der Waals surface area contributed by atoms with Crippen molar-refractivity contribution in [3.63, 3.8) is 0 Å². The quantitative estimate of drug-likeness (QED) is 0.764. The average Bonchev–Trinajstić information content (AvgIpc) is 2.71. The number of hydrogen-bond donors (Lipinski definition) is 0. The lowest BCUT2D eigenvalue weighted by Gasteiger charge is -2.08. The van der Waals surface area contributed by atoms with Gasteiger partial charge < -0.3 is 0 Å². The van der Waals surface area contributed by atoms with Gasteiger partial charge in [-0.25, -0.2) is 8.42 Å². The predicted molar refractivity (Wildman–Crippen MR) is 63.5 cm³/mol. The van der Waals surface area contributed by atoms with Crippen LogP contribution in [0.1, 0.15) is 25.7 Å². The zero-order valence-corrected chi connectivity index (χ0v) is 10.1. The minimum Gasteiger partial charge on any atom is -0.212 e. The third kappa shape index (κ3) is 2.75. The first-order valence-corrected chi connectivity index (χ1v) is 8.05. The lowest BCUT2D eigenvalue weighted by molar-refractivity contribution is 0.610. The summed E-state index contributed by atoms with van der Waals surface area (Å²) in [5, 5.41) is 0.301. The van der Waals surface area contributed by atoms with Gasteiger partial charge >= 0.3 is 0 Å². The Balaban J connectivity index is 2.13. The van der Waals surface area contributed by atoms with Gasteiger partial charge in [0.1, 0.15) is 0 Å². The minimum atomic E-state index is -3.13. The normalized spacial score (nSPS) is 18.1. The van der Waals surface area contributed by atoms with Crippen LogP contribution in [-0.4, -0.2) is 13.7 Å². The summed E-state index contributed by atoms with van der Waals surface area (Å²) in [5.74, 6) is 0. The Bertz CT molecular complexity index is 405. The number of benzene rings is 1. The molecule has 0 amide bonds. The van der Waals surface area contributed by atoms with Gasteiger partial charge in [0.25, 0.3) is 0 Å². The van der Waals surface area contributed by atoms with Gasteiger partial charge in [0.2, 0.25) is 8.87 Å². The van der Waals surface area contributed by atoms with Crippen LogP contribution in [0.2, 0.25) is 0 Å². The van der Waals surface area contributed by atoms with Gasteiger partial charge in [-0.05, 0) is 35.8 Å². The van der Waals surface area contributed by atoms with E-state index in [-0.39, 0.29) is 0 Å². The molecule has 1 aromatic carbocycles. The smallest absolute Gasteiger partial charge is 0.212 e. The molecule has 0 saturated heterocycles. The number of rotatable bonds is 3. The van der Waals surface area contributed by atoms with E-state index in [1.54, 1.807) is 24.3 Å². The third-order valence-corrected chi connectivity index (χ3v) is 6.60. The van der Waals surface area contributed by atoms with Crippen LogP contribution in [-0.2, 0) is 8.87 Å². The van der Waals surface area contributed by atoms with Crippen LogP contribution in [0.3, 0.4) is 0 Å². The predicted octanol–water partition coefficient (Wildman–Crippen LogP) is 3.05. The summed E-state index contributed by atoms with van der Waals surface area (Å²) in [5.41, 5.74) is 0. The Morgan fingerprint density at radius 2 is 1.67 bits per heavy atom. The van der Waals surface area contributed by atoms with E-state index in [2.05, 4.69) is 0 Å². The molecule has 1 aliphatic rings. The first-order chi connectivity index (χ1) is 7.18. The van der Waals surface area contributed by atoms with Gasteiger partial charge in [-0.3, -0.25) is 0 Å². The van der Waals surface area contributed by atoms with Crippen LogP contribution in [0, 0.1) is 0 Å². The summed E-state index contributed by atoms with van der Waals surface area (Å²) in [6.45, 7) is 0. The maximum Gasteiger partial charge on any atom is 0.230 e. The van der Waals surface area contributed by atoms with Crippen LogP contribution in [0.5, 0.6) is 0 Å². The Hall–Kier alpha value is -0.480. The van der Waals surface area contributed by atoms with Crippen LogP contribution >= 0.6 is 10.8 Å². The summed E-state index contributed by atoms with van der Waals surface area (Å²) < 4.78 is 23.9. The van der Waals surface area contributed by atoms with E-state index in [1.165, 1.54) is 12.8 Å². The first kappa shape index (κ1) is 11.0. The third-order valence-electron chi connectivity index (χ3n) is 2.60. The molecule has 0 unspecified atom stereocenters. The molecule has 1 aromatic rings. The highest BCUT2D eigenvalue weighted by atomic mass is 33.1. The van der Waals surface area contributed by atoms with E-state index >= 15 is 0 Å². The van der Waals surface area contributed by atoms with Crippen molar-refractivity contribution in [3.8, 4) is 0 Å². The summed E-state index contributed by atoms with van der Waals surface area (Å²) in [6.07, 6.45) is 4.41. The molecule has 0 radical (unpaired) electrons. The summed E-state index contributed by atoms with van der Waals surface area (Å²) in [4.78, 5) is 0.432. The molecule has 1 aliphatic carbocycles. The molecule has 0 aliphatic heterocycles. The van der Waals surface area contributed by atoms with Crippen LogP contribution in [0.15, 0.2) is 35.2 Å². The van der Waals surface area contributed by atoms with E-state index in [0.717, 1.165) is 23.6 Å². The topological polar surface area (TPSA) is 34.1 Å². The highest BCUT2D eigenvalue weighted by Crippen LogP contribution is 2.36. The Labute approximate surface area is 94.4 Å². The molecule has 0 heterocycles. The Morgan fingerprint density at radius 3 is 2.27 bits per heavy atom. The lowest BCUT2D eigenvalue weighted by atomic mass is 10.4. The SMILES string of the molecule is O=S(=O)(SC1CCCC1)c1ccccc1. The Kier molecular flexibility index (Phi) is 3.36. The second-order valence-electron chi connectivity index (χ2n) is 3.77. The van der Waals surface area contributed by atoms with Crippen LogP contribution in [0.25, 0.3) is 0 Å². The van der Waals surface area contributed by atoms with E-state index in [1.807, 2.05) is 6.07 Å². The van der Waals surface area contributed by atoms with Crippen molar-refractivity contribution >= 4 is 19.7 Å². The van der Waals surface area contributed by atoms with Crippen LogP contribution in [0.4, 0.5) is 0 Å². The standard InChI is InChI=1S/C11H14O2S2/c12-15(13,11-8-2-1-3-9-11)14-10-6-4-5-7-10/h1-3,8-10H,4-7H2. The molecule has 15 heavy (non-hydrogen) atoms. The van der Waals surface area contributed by atoms with Crippen molar-refractivity contribution in [2.24, 2.45) is 0 Å². The molecular formula is C11H14O2S2. The molecule has 4 heteroatoms.